The zero-order chi connectivity index (χ0) is 70.0. The number of H-pyrrole nitrogens is 2. The fourth-order valence-electron chi connectivity index (χ4n) is 11.4. The molecule has 0 bridgehead atoms. The van der Waals surface area contributed by atoms with Crippen molar-refractivity contribution in [2.24, 2.45) is 17.2 Å². The third-order valence-corrected chi connectivity index (χ3v) is 16.3. The highest BCUT2D eigenvalue weighted by molar-refractivity contribution is 6.01. The van der Waals surface area contributed by atoms with Crippen molar-refractivity contribution in [3.05, 3.63) is 54.2 Å². The number of nitrogens with zero attached hydrogens (tertiary/aromatic N) is 4. The lowest BCUT2D eigenvalue weighted by Crippen LogP contribution is -2.61. The standard InChI is InChI=1S/C58H81N17O20/c1-27(77)46(54(90)72-47(28(2)78)58(94)95)71-53(89)41-12-7-17-75(41)56(92)34(13-14-42(60)79)67-50(86)38(25-76)66-44(81)24-64-51(87)39-10-5-16-74(39)57(93)37(19-30-23-62-26-65-30)70-49(85)36(21-43(61)80)68-48(84)35(18-29-22-63-33-9-4-3-8-31(29)33)69-52(88)40-11-6-15-73(40)55(91)32(59)20-45(82)83/h3-4,8-9,22-23,26-28,32,34-41,46-47,63,76-78H,5-7,10-21,24-25,59H2,1-2H3,(H2,60,79)(H2,61,80)(H,62,65)(H,64,87)(H,66,81)(H,67,86)(H,68,84)(H,69,88)(H,70,85)(H,71,89)(H,72,90)(H,82,83)(H,94,95)/t27-,28-,32+,34+,35+,36+,37+,38+,39+,40+,41+,46+,47+/m1/s1. The lowest BCUT2D eigenvalue weighted by molar-refractivity contribution is -0.146. The van der Waals surface area contributed by atoms with Gasteiger partial charge in [-0.15, -0.1) is 0 Å². The number of aliphatic hydroxyl groups excluding tert-OH is 3. The van der Waals surface area contributed by atoms with E-state index in [1.807, 2.05) is 5.32 Å². The number of para-hydroxylation sites is 1. The number of carbonyl (C=O) groups is 15. The molecule has 37 heteroatoms. The van der Waals surface area contributed by atoms with E-state index in [4.69, 9.17) is 17.2 Å². The molecule has 37 nitrogen and oxygen atoms in total. The summed E-state index contributed by atoms with van der Waals surface area (Å²) < 4.78 is 0. The normalized spacial score (nSPS) is 19.2. The lowest BCUT2D eigenvalue weighted by Gasteiger charge is -2.31. The molecule has 13 atom stereocenters. The van der Waals surface area contributed by atoms with Crippen molar-refractivity contribution >= 4 is 99.6 Å². The first-order valence-electron chi connectivity index (χ1n) is 30.6. The maximum atomic E-state index is 14.6. The Balaban J connectivity index is 1.11. The number of hydrogen-bond donors (Lipinski definition) is 18. The zero-order valence-electron chi connectivity index (χ0n) is 51.9. The van der Waals surface area contributed by atoms with Gasteiger partial charge in [0.05, 0.1) is 50.6 Å². The summed E-state index contributed by atoms with van der Waals surface area (Å²) in [5.41, 5.74) is 18.3. The highest BCUT2D eigenvalue weighted by Gasteiger charge is 2.44. The van der Waals surface area contributed by atoms with E-state index in [2.05, 4.69) is 52.2 Å². The van der Waals surface area contributed by atoms with E-state index in [1.165, 1.54) is 12.5 Å². The van der Waals surface area contributed by atoms with Gasteiger partial charge in [0.1, 0.15) is 54.4 Å². The Bertz CT molecular complexity index is 3340. The van der Waals surface area contributed by atoms with Crippen LogP contribution in [0.5, 0.6) is 0 Å². The van der Waals surface area contributed by atoms with E-state index in [1.54, 1.807) is 30.5 Å². The fraction of sp³-hybridized carbons (Fsp3) is 0.552. The van der Waals surface area contributed by atoms with Gasteiger partial charge in [0.15, 0.2) is 6.04 Å². The summed E-state index contributed by atoms with van der Waals surface area (Å²) in [7, 11) is 0. The third-order valence-electron chi connectivity index (χ3n) is 16.3. The van der Waals surface area contributed by atoms with E-state index in [0.29, 0.717) is 28.6 Å². The molecule has 3 aliphatic rings. The van der Waals surface area contributed by atoms with Gasteiger partial charge in [-0.05, 0) is 70.4 Å². The number of aliphatic carboxylic acids is 2. The van der Waals surface area contributed by atoms with Crippen LogP contribution in [0.4, 0.5) is 0 Å². The van der Waals surface area contributed by atoms with Crippen LogP contribution in [0.1, 0.15) is 89.3 Å². The molecule has 0 aliphatic carbocycles. The predicted molar refractivity (Wildman–Crippen MR) is 326 cm³/mol. The molecule has 0 spiro atoms. The number of carboxylic acids is 2. The monoisotopic (exact) mass is 1340 g/mol. The number of rotatable bonds is 34. The number of benzene rings is 1. The minimum Gasteiger partial charge on any atom is -0.481 e. The number of nitrogens with one attached hydrogen (secondary N) is 10. The van der Waals surface area contributed by atoms with Gasteiger partial charge in [0, 0.05) is 67.9 Å². The third kappa shape index (κ3) is 20.2. The van der Waals surface area contributed by atoms with Crippen LogP contribution in [0.25, 0.3) is 10.9 Å². The van der Waals surface area contributed by atoms with Crippen LogP contribution in [-0.2, 0) is 84.8 Å². The Labute approximate surface area is 541 Å². The molecule has 13 amide bonds. The van der Waals surface area contributed by atoms with Gasteiger partial charge in [0.25, 0.3) is 0 Å². The van der Waals surface area contributed by atoms with Crippen LogP contribution in [0, 0.1) is 0 Å². The van der Waals surface area contributed by atoms with E-state index in [0.717, 1.165) is 28.5 Å². The summed E-state index contributed by atoms with van der Waals surface area (Å²) in [5.74, 6) is -15.8. The molecule has 95 heavy (non-hydrogen) atoms. The van der Waals surface area contributed by atoms with Crippen molar-refractivity contribution in [3.63, 3.8) is 0 Å². The van der Waals surface area contributed by atoms with Crippen LogP contribution in [0.2, 0.25) is 0 Å². The van der Waals surface area contributed by atoms with Gasteiger partial charge in [-0.2, -0.15) is 0 Å². The number of primary amides is 2. The number of aliphatic hydroxyl groups is 3. The van der Waals surface area contributed by atoms with Crippen molar-refractivity contribution in [2.45, 2.75) is 170 Å². The van der Waals surface area contributed by atoms with E-state index >= 15 is 0 Å². The van der Waals surface area contributed by atoms with E-state index in [-0.39, 0.29) is 64.6 Å². The molecule has 3 aromatic rings. The Morgan fingerprint density at radius 3 is 1.71 bits per heavy atom. The van der Waals surface area contributed by atoms with Crippen LogP contribution in [0.15, 0.2) is 43.0 Å². The predicted octanol–water partition coefficient (Wildman–Crippen LogP) is -8.06. The maximum absolute atomic E-state index is 14.6. The van der Waals surface area contributed by atoms with Crippen molar-refractivity contribution < 1.29 is 97.5 Å². The average molecular weight is 1340 g/mol. The molecular formula is C58H81N17O20. The maximum Gasteiger partial charge on any atom is 0.328 e. The highest BCUT2D eigenvalue weighted by Crippen LogP contribution is 2.25. The SMILES string of the molecule is C[C@@H](O)[C@H](NC(=O)[C@@H](NC(=O)[C@@H]1CCCN1C(=O)[C@H](CCC(N)=O)NC(=O)[C@H](CO)NC(=O)CNC(=O)[C@@H]1CCCN1C(=O)[C@H](Cc1cnc[nH]1)NC(=O)[C@H](CC(N)=O)NC(=O)[C@H](Cc1c[nH]c2ccccc12)NC(=O)[C@@H]1CCCN1C(=O)[C@@H](N)CC(=O)O)[C@@H](C)O)C(=O)O. The second kappa shape index (κ2) is 34.1. The first-order chi connectivity index (χ1) is 45.0. The van der Waals surface area contributed by atoms with E-state index in [9.17, 15) is 97.5 Å². The van der Waals surface area contributed by atoms with Gasteiger partial charge in [0.2, 0.25) is 76.8 Å². The number of carbonyl (C=O) groups excluding carboxylic acids is 13. The number of amides is 13. The number of nitrogens with two attached hydrogens (primary N) is 3. The Kier molecular flexibility index (Phi) is 26.6. The smallest absolute Gasteiger partial charge is 0.328 e. The summed E-state index contributed by atoms with van der Waals surface area (Å²) in [6.07, 6.45) is -1.07. The Morgan fingerprint density at radius 1 is 0.600 bits per heavy atom. The second-order valence-electron chi connectivity index (χ2n) is 23.4. The van der Waals surface area contributed by atoms with Crippen molar-refractivity contribution in [2.75, 3.05) is 32.8 Å². The molecule has 0 saturated carbocycles. The molecule has 3 saturated heterocycles. The quantitative estimate of drug-likeness (QED) is 0.0264. The molecule has 3 aliphatic heterocycles. The Morgan fingerprint density at radius 2 is 1.15 bits per heavy atom. The number of fused-ring (bicyclic) bond motifs is 1. The van der Waals surface area contributed by atoms with Crippen molar-refractivity contribution in [1.29, 1.82) is 0 Å². The molecule has 518 valence electrons. The summed E-state index contributed by atoms with van der Waals surface area (Å²) in [5, 5.41) is 68.8. The zero-order valence-corrected chi connectivity index (χ0v) is 51.9. The number of hydrogen-bond acceptors (Lipinski definition) is 20. The van der Waals surface area contributed by atoms with Crippen molar-refractivity contribution in [1.82, 2.24) is 72.2 Å². The second-order valence-corrected chi connectivity index (χ2v) is 23.4. The van der Waals surface area contributed by atoms with Gasteiger partial charge < -0.3 is 110 Å². The number of carboxylic acid groups (broad SMARTS) is 2. The molecule has 21 N–H and O–H groups in total. The molecule has 6 rings (SSSR count). The number of likely N-dealkylation sites (tertiary alicyclic amines) is 3. The fourth-order valence-corrected chi connectivity index (χ4v) is 11.4. The number of aromatic nitrogens is 3. The average Bonchev–Trinajstić information content (AvgIpc) is 1.76. The number of aromatic amines is 2. The summed E-state index contributed by atoms with van der Waals surface area (Å²) in [6.45, 7) is 0.149. The highest BCUT2D eigenvalue weighted by atomic mass is 16.4. The molecule has 3 fully saturated rings. The molecule has 0 unspecified atom stereocenters. The van der Waals surface area contributed by atoms with Gasteiger partial charge in [-0.25, -0.2) is 9.78 Å². The first-order valence-corrected chi connectivity index (χ1v) is 30.6. The lowest BCUT2D eigenvalue weighted by atomic mass is 10.0. The first kappa shape index (κ1) is 73.9. The summed E-state index contributed by atoms with van der Waals surface area (Å²) in [6, 6.07) is -10.2. The van der Waals surface area contributed by atoms with Gasteiger partial charge in [-0.1, -0.05) is 18.2 Å². The molecule has 2 aromatic heterocycles. The van der Waals surface area contributed by atoms with Crippen molar-refractivity contribution in [3.8, 4) is 0 Å². The Hall–Kier alpha value is -10.1. The van der Waals surface area contributed by atoms with Gasteiger partial charge >= 0.3 is 11.9 Å². The van der Waals surface area contributed by atoms with Crippen LogP contribution < -0.4 is 59.7 Å². The molecular weight excluding hydrogens is 1250 g/mol. The van der Waals surface area contributed by atoms with Crippen LogP contribution >= 0.6 is 0 Å². The largest absolute Gasteiger partial charge is 0.481 e. The van der Waals surface area contributed by atoms with Crippen LogP contribution in [0.3, 0.4) is 0 Å². The topological polar surface area (TPSA) is 586 Å². The summed E-state index contributed by atoms with van der Waals surface area (Å²) in [4.78, 5) is 213. The van der Waals surface area contributed by atoms with Gasteiger partial charge in [-0.3, -0.25) is 67.1 Å². The molecule has 0 radical (unpaired) electrons. The number of imidazole rings is 1. The minimum absolute atomic E-state index is 0.00370. The summed E-state index contributed by atoms with van der Waals surface area (Å²) >= 11 is 0. The van der Waals surface area contributed by atoms with Crippen LogP contribution in [-0.4, -0.2) is 255 Å². The molecule has 5 heterocycles. The molecule has 1 aromatic carbocycles. The minimum atomic E-state index is -1.82. The van der Waals surface area contributed by atoms with E-state index < -0.39 is 206 Å².